The Labute approximate surface area is 148 Å². The first-order valence-corrected chi connectivity index (χ1v) is 8.12. The highest BCUT2D eigenvalue weighted by atomic mass is 19.1. The van der Waals surface area contributed by atoms with E-state index in [-0.39, 0.29) is 18.6 Å². The summed E-state index contributed by atoms with van der Waals surface area (Å²) in [5, 5.41) is 18.0. The molecule has 0 radical (unpaired) electrons. The number of halogens is 1. The smallest absolute Gasteiger partial charge is 0.275 e. The molecule has 0 aliphatic carbocycles. The van der Waals surface area contributed by atoms with Gasteiger partial charge in [0.1, 0.15) is 12.4 Å². The maximum absolute atomic E-state index is 12.9. The Morgan fingerprint density at radius 1 is 1.19 bits per heavy atom. The number of aliphatic hydroxyl groups excluding tert-OH is 1. The van der Waals surface area contributed by atoms with Crippen molar-refractivity contribution in [1.29, 1.82) is 0 Å². The molecule has 1 atom stereocenters. The van der Waals surface area contributed by atoms with E-state index in [1.165, 1.54) is 24.3 Å². The van der Waals surface area contributed by atoms with Crippen LogP contribution in [0.1, 0.15) is 17.4 Å². The minimum absolute atomic E-state index is 0.0498. The molecule has 7 heteroatoms. The molecule has 0 fully saturated rings. The fourth-order valence-electron chi connectivity index (χ4n) is 2.72. The molecule has 1 amide bonds. The number of aromatic nitrogens is 2. The number of aliphatic hydroxyl groups is 1. The molecule has 0 aliphatic rings. The highest BCUT2D eigenvalue weighted by Crippen LogP contribution is 2.13. The quantitative estimate of drug-likeness (QED) is 0.730. The molecule has 0 saturated carbocycles. The first-order valence-electron chi connectivity index (χ1n) is 8.12. The molecule has 134 valence electrons. The van der Waals surface area contributed by atoms with Crippen LogP contribution in [0.15, 0.2) is 53.3 Å². The molecule has 26 heavy (non-hydrogen) atoms. The number of hydrogen-bond acceptors (Lipinski definition) is 4. The Kier molecular flexibility index (Phi) is 5.09. The van der Waals surface area contributed by atoms with Crippen LogP contribution < -0.4 is 10.9 Å². The molecule has 3 aromatic rings. The number of rotatable bonds is 5. The molecule has 1 aromatic heterocycles. The van der Waals surface area contributed by atoms with Gasteiger partial charge < -0.3 is 10.4 Å². The zero-order chi connectivity index (χ0) is 18.7. The lowest BCUT2D eigenvalue weighted by Crippen LogP contribution is -2.36. The Morgan fingerprint density at radius 2 is 1.85 bits per heavy atom. The van der Waals surface area contributed by atoms with Crippen molar-refractivity contribution in [2.75, 3.05) is 6.54 Å². The fraction of sp³-hybridized carbons (Fsp3) is 0.211. The van der Waals surface area contributed by atoms with Crippen LogP contribution in [0.3, 0.4) is 0 Å². The second kappa shape index (κ2) is 7.45. The van der Waals surface area contributed by atoms with E-state index in [1.807, 2.05) is 12.1 Å². The number of nitrogens with one attached hydrogen (secondary N) is 1. The van der Waals surface area contributed by atoms with Gasteiger partial charge in [0.2, 0.25) is 5.91 Å². The maximum atomic E-state index is 12.9. The van der Waals surface area contributed by atoms with Gasteiger partial charge >= 0.3 is 0 Å². The minimum atomic E-state index is -0.970. The molecule has 6 nitrogen and oxygen atoms in total. The predicted octanol–water partition coefficient (Wildman–Crippen LogP) is 1.69. The van der Waals surface area contributed by atoms with Gasteiger partial charge in [-0.05, 0) is 30.7 Å². The van der Waals surface area contributed by atoms with Crippen molar-refractivity contribution >= 4 is 16.7 Å². The predicted molar refractivity (Wildman–Crippen MR) is 95.1 cm³/mol. The van der Waals surface area contributed by atoms with Crippen molar-refractivity contribution < 1.29 is 14.3 Å². The molecule has 0 aliphatic heterocycles. The van der Waals surface area contributed by atoms with Crippen molar-refractivity contribution in [3.63, 3.8) is 0 Å². The van der Waals surface area contributed by atoms with Crippen LogP contribution in [0, 0.1) is 12.7 Å². The average Bonchev–Trinajstić information content (AvgIpc) is 2.64. The van der Waals surface area contributed by atoms with Gasteiger partial charge in [-0.25, -0.2) is 9.07 Å². The van der Waals surface area contributed by atoms with Crippen LogP contribution in [0.4, 0.5) is 4.39 Å². The van der Waals surface area contributed by atoms with E-state index in [0.717, 1.165) is 10.1 Å². The summed E-state index contributed by atoms with van der Waals surface area (Å²) in [6.07, 6.45) is -0.970. The van der Waals surface area contributed by atoms with E-state index < -0.39 is 17.8 Å². The summed E-state index contributed by atoms with van der Waals surface area (Å²) in [5.41, 5.74) is 0.795. The summed E-state index contributed by atoms with van der Waals surface area (Å²) in [5.74, 6) is -0.849. The van der Waals surface area contributed by atoms with Crippen LogP contribution in [-0.4, -0.2) is 27.3 Å². The Balaban J connectivity index is 1.68. The summed E-state index contributed by atoms with van der Waals surface area (Å²) in [4.78, 5) is 24.6. The van der Waals surface area contributed by atoms with Gasteiger partial charge in [0.05, 0.1) is 17.2 Å². The molecule has 0 unspecified atom stereocenters. The van der Waals surface area contributed by atoms with Crippen LogP contribution in [0.5, 0.6) is 0 Å². The highest BCUT2D eigenvalue weighted by Gasteiger charge is 2.13. The van der Waals surface area contributed by atoms with Gasteiger partial charge in [0.25, 0.3) is 5.56 Å². The van der Waals surface area contributed by atoms with Crippen molar-refractivity contribution in [2.45, 2.75) is 19.6 Å². The van der Waals surface area contributed by atoms with Crippen molar-refractivity contribution in [1.82, 2.24) is 15.1 Å². The van der Waals surface area contributed by atoms with E-state index >= 15 is 0 Å². The van der Waals surface area contributed by atoms with Gasteiger partial charge in [-0.1, -0.05) is 30.3 Å². The van der Waals surface area contributed by atoms with Crippen LogP contribution >= 0.6 is 0 Å². The topological polar surface area (TPSA) is 84.2 Å². The van der Waals surface area contributed by atoms with Crippen LogP contribution in [0.25, 0.3) is 10.8 Å². The molecule has 2 N–H and O–H groups in total. The number of benzene rings is 2. The van der Waals surface area contributed by atoms with E-state index in [2.05, 4.69) is 10.4 Å². The summed E-state index contributed by atoms with van der Waals surface area (Å²) < 4.78 is 14.0. The zero-order valence-electron chi connectivity index (χ0n) is 14.1. The number of aryl methyl sites for hydroxylation is 1. The van der Waals surface area contributed by atoms with Crippen LogP contribution in [-0.2, 0) is 11.3 Å². The summed E-state index contributed by atoms with van der Waals surface area (Å²) in [6, 6.07) is 12.5. The molecule has 2 aromatic carbocycles. The van der Waals surface area contributed by atoms with E-state index in [1.54, 1.807) is 19.1 Å². The number of fused-ring (bicyclic) bond motifs is 1. The number of amides is 1. The number of carbonyl (C=O) groups is 1. The third kappa shape index (κ3) is 3.78. The summed E-state index contributed by atoms with van der Waals surface area (Å²) in [6.45, 7) is 1.47. The second-order valence-electron chi connectivity index (χ2n) is 5.97. The van der Waals surface area contributed by atoms with E-state index in [9.17, 15) is 19.1 Å². The van der Waals surface area contributed by atoms with Gasteiger partial charge in [-0.2, -0.15) is 5.10 Å². The van der Waals surface area contributed by atoms with Gasteiger partial charge in [0, 0.05) is 11.9 Å². The molecule has 0 bridgehead atoms. The lowest BCUT2D eigenvalue weighted by molar-refractivity contribution is -0.122. The van der Waals surface area contributed by atoms with Gasteiger partial charge in [0.15, 0.2) is 0 Å². The van der Waals surface area contributed by atoms with E-state index in [4.69, 9.17) is 0 Å². The largest absolute Gasteiger partial charge is 0.387 e. The molecule has 3 rings (SSSR count). The monoisotopic (exact) mass is 355 g/mol. The van der Waals surface area contributed by atoms with Gasteiger partial charge in [-0.15, -0.1) is 0 Å². The Hall–Kier alpha value is -3.06. The molecule has 0 saturated heterocycles. The Morgan fingerprint density at radius 3 is 2.54 bits per heavy atom. The second-order valence-corrected chi connectivity index (χ2v) is 5.97. The first kappa shape index (κ1) is 17.8. The minimum Gasteiger partial charge on any atom is -0.387 e. The summed E-state index contributed by atoms with van der Waals surface area (Å²) in [7, 11) is 0. The first-order chi connectivity index (χ1) is 12.5. The fourth-order valence-corrected chi connectivity index (χ4v) is 2.72. The number of nitrogens with zero attached hydrogens (tertiary/aromatic N) is 2. The summed E-state index contributed by atoms with van der Waals surface area (Å²) >= 11 is 0. The van der Waals surface area contributed by atoms with Crippen molar-refractivity contribution in [2.24, 2.45) is 0 Å². The van der Waals surface area contributed by atoms with Crippen molar-refractivity contribution in [3.8, 4) is 0 Å². The Bertz CT molecular complexity index is 999. The van der Waals surface area contributed by atoms with Crippen LogP contribution in [0.2, 0.25) is 0 Å². The van der Waals surface area contributed by atoms with E-state index in [0.29, 0.717) is 16.6 Å². The van der Waals surface area contributed by atoms with Gasteiger partial charge in [-0.3, -0.25) is 9.59 Å². The lowest BCUT2D eigenvalue weighted by Gasteiger charge is -2.13. The molecular weight excluding hydrogens is 337 g/mol. The number of hydrogen-bond donors (Lipinski definition) is 2. The highest BCUT2D eigenvalue weighted by molar-refractivity contribution is 5.83. The lowest BCUT2D eigenvalue weighted by atomic mass is 10.1. The molecular formula is C19H18FN3O3. The number of carbonyl (C=O) groups excluding carboxylic acids is 1. The van der Waals surface area contributed by atoms with Crippen molar-refractivity contribution in [3.05, 3.63) is 76.0 Å². The third-order valence-corrected chi connectivity index (χ3v) is 4.09. The molecule has 1 heterocycles. The normalized spacial score (nSPS) is 12.1. The third-order valence-electron chi connectivity index (χ3n) is 4.09. The zero-order valence-corrected chi connectivity index (χ0v) is 14.1. The molecule has 0 spiro atoms. The maximum Gasteiger partial charge on any atom is 0.275 e. The average molecular weight is 355 g/mol. The SMILES string of the molecule is Cc1nn(CC(=O)NC[C@@H](O)c2ccc(F)cc2)c(=O)c2ccccc12. The standard InChI is InChI=1S/C19H18FN3O3/c1-12-15-4-2-3-5-16(15)19(26)23(22-12)11-18(25)21-10-17(24)13-6-8-14(20)9-7-13/h2-9,17,24H,10-11H2,1H3,(H,21,25)/t17-/m1/s1.